The van der Waals surface area contributed by atoms with E-state index in [9.17, 15) is 4.79 Å². The highest BCUT2D eigenvalue weighted by Crippen LogP contribution is 2.37. The molecule has 0 aliphatic carbocycles. The van der Waals surface area contributed by atoms with E-state index in [-0.39, 0.29) is 11.2 Å². The molecule has 1 aromatic carbocycles. The minimum Gasteiger partial charge on any atom is -0.303 e. The van der Waals surface area contributed by atoms with E-state index >= 15 is 0 Å². The van der Waals surface area contributed by atoms with Gasteiger partial charge in [-0.15, -0.1) is 0 Å². The highest BCUT2D eigenvalue weighted by atomic mass is 35.5. The fourth-order valence-corrected chi connectivity index (χ4v) is 4.68. The maximum Gasteiger partial charge on any atom is 0.140 e. The Bertz CT molecular complexity index is 575. The number of hydrogen-bond donors (Lipinski definition) is 0. The van der Waals surface area contributed by atoms with Gasteiger partial charge in [0.2, 0.25) is 0 Å². The standard InChI is InChI=1S/C21H31ClN2O/c1-18(25)21(19-7-5-8-20(22)17-19)9-15-24(16-10-21)14-6-13-23-11-3-2-4-12-23/h5,7-8,17H,2-4,6,9-16H2,1H3. The van der Waals surface area contributed by atoms with E-state index in [0.717, 1.165) is 43.1 Å². The number of hydrogen-bond acceptors (Lipinski definition) is 3. The van der Waals surface area contributed by atoms with Crippen molar-refractivity contribution in [2.45, 2.75) is 50.9 Å². The smallest absolute Gasteiger partial charge is 0.140 e. The molecule has 2 heterocycles. The van der Waals surface area contributed by atoms with Crippen molar-refractivity contribution in [3.63, 3.8) is 0 Å². The minimum atomic E-state index is -0.339. The van der Waals surface area contributed by atoms with E-state index in [2.05, 4.69) is 15.9 Å². The molecule has 0 N–H and O–H groups in total. The molecule has 0 unspecified atom stereocenters. The molecule has 3 rings (SSSR count). The Morgan fingerprint density at radius 1 is 1.04 bits per heavy atom. The van der Waals surface area contributed by atoms with Gasteiger partial charge >= 0.3 is 0 Å². The average molecular weight is 363 g/mol. The van der Waals surface area contributed by atoms with Crippen molar-refractivity contribution in [2.24, 2.45) is 0 Å². The second kappa shape index (κ2) is 8.66. The Kier molecular flexibility index (Phi) is 6.54. The summed E-state index contributed by atoms with van der Waals surface area (Å²) in [6.45, 7) is 8.69. The molecule has 2 fully saturated rings. The number of ketones is 1. The topological polar surface area (TPSA) is 23.6 Å². The fraction of sp³-hybridized carbons (Fsp3) is 0.667. The van der Waals surface area contributed by atoms with E-state index < -0.39 is 0 Å². The maximum absolute atomic E-state index is 12.5. The van der Waals surface area contributed by atoms with E-state index in [0.29, 0.717) is 0 Å². The van der Waals surface area contributed by atoms with Gasteiger partial charge in [-0.1, -0.05) is 30.2 Å². The quantitative estimate of drug-likeness (QED) is 0.759. The number of carbonyl (C=O) groups excluding carboxylic acids is 1. The number of nitrogens with zero attached hydrogens (tertiary/aromatic N) is 2. The Balaban J connectivity index is 1.52. The van der Waals surface area contributed by atoms with Gasteiger partial charge in [-0.2, -0.15) is 0 Å². The van der Waals surface area contributed by atoms with Crippen molar-refractivity contribution in [3.05, 3.63) is 34.9 Å². The van der Waals surface area contributed by atoms with Crippen LogP contribution in [0.25, 0.3) is 0 Å². The van der Waals surface area contributed by atoms with Gasteiger partial charge in [-0.3, -0.25) is 4.79 Å². The van der Waals surface area contributed by atoms with Gasteiger partial charge in [0.1, 0.15) is 5.78 Å². The third-order valence-corrected chi connectivity index (χ3v) is 6.39. The van der Waals surface area contributed by atoms with Gasteiger partial charge in [0.15, 0.2) is 0 Å². The largest absolute Gasteiger partial charge is 0.303 e. The zero-order chi connectivity index (χ0) is 17.7. The number of rotatable bonds is 6. The van der Waals surface area contributed by atoms with Gasteiger partial charge in [0, 0.05) is 5.02 Å². The van der Waals surface area contributed by atoms with Crippen LogP contribution in [0.5, 0.6) is 0 Å². The van der Waals surface area contributed by atoms with Crippen molar-refractivity contribution in [3.8, 4) is 0 Å². The molecule has 138 valence electrons. The lowest BCUT2D eigenvalue weighted by Crippen LogP contribution is -2.47. The van der Waals surface area contributed by atoms with Crippen LogP contribution >= 0.6 is 11.6 Å². The molecule has 4 heteroatoms. The van der Waals surface area contributed by atoms with Crippen LogP contribution in [0.15, 0.2) is 24.3 Å². The third kappa shape index (κ3) is 4.64. The van der Waals surface area contributed by atoms with Crippen molar-refractivity contribution in [2.75, 3.05) is 39.3 Å². The summed E-state index contributed by atoms with van der Waals surface area (Å²) in [5.74, 6) is 0.280. The van der Waals surface area contributed by atoms with E-state index in [1.807, 2.05) is 18.2 Å². The second-order valence-electron chi connectivity index (χ2n) is 7.75. The fourth-order valence-electron chi connectivity index (χ4n) is 4.49. The molecular weight excluding hydrogens is 332 g/mol. The van der Waals surface area contributed by atoms with Gasteiger partial charge in [0.25, 0.3) is 0 Å². The summed E-state index contributed by atoms with van der Waals surface area (Å²) in [6, 6.07) is 7.90. The van der Waals surface area contributed by atoms with Crippen molar-refractivity contribution in [1.29, 1.82) is 0 Å². The van der Waals surface area contributed by atoms with Crippen LogP contribution in [-0.2, 0) is 10.2 Å². The zero-order valence-electron chi connectivity index (χ0n) is 15.5. The highest BCUT2D eigenvalue weighted by molar-refractivity contribution is 6.30. The van der Waals surface area contributed by atoms with Crippen LogP contribution in [-0.4, -0.2) is 54.9 Å². The summed E-state index contributed by atoms with van der Waals surface area (Å²) in [7, 11) is 0. The lowest BCUT2D eigenvalue weighted by molar-refractivity contribution is -0.124. The molecule has 1 aromatic rings. The summed E-state index contributed by atoms with van der Waals surface area (Å²) < 4.78 is 0. The molecule has 0 aromatic heterocycles. The van der Waals surface area contributed by atoms with Gasteiger partial charge in [0.05, 0.1) is 5.41 Å². The number of piperidine rings is 2. The van der Waals surface area contributed by atoms with Crippen LogP contribution in [0.1, 0.15) is 51.0 Å². The first-order valence-corrected chi connectivity index (χ1v) is 10.2. The lowest BCUT2D eigenvalue weighted by Gasteiger charge is -2.41. The summed E-state index contributed by atoms with van der Waals surface area (Å²) in [4.78, 5) is 17.6. The molecule has 3 nitrogen and oxygen atoms in total. The Hall–Kier alpha value is -0.900. The van der Waals surface area contributed by atoms with Gasteiger partial charge in [-0.25, -0.2) is 0 Å². The Labute approximate surface area is 157 Å². The average Bonchev–Trinajstić information content (AvgIpc) is 2.63. The molecule has 2 aliphatic rings. The number of likely N-dealkylation sites (tertiary alicyclic amines) is 2. The zero-order valence-corrected chi connectivity index (χ0v) is 16.2. The van der Waals surface area contributed by atoms with Crippen LogP contribution in [0.3, 0.4) is 0 Å². The third-order valence-electron chi connectivity index (χ3n) is 6.16. The Morgan fingerprint density at radius 3 is 2.28 bits per heavy atom. The van der Waals surface area contributed by atoms with Crippen LogP contribution in [0.2, 0.25) is 5.02 Å². The summed E-state index contributed by atoms with van der Waals surface area (Å²) in [6.07, 6.45) is 7.19. The first-order valence-electron chi connectivity index (χ1n) is 9.82. The van der Waals surface area contributed by atoms with E-state index in [1.165, 1.54) is 45.3 Å². The van der Waals surface area contributed by atoms with Crippen LogP contribution < -0.4 is 0 Å². The first-order chi connectivity index (χ1) is 12.1. The summed E-state index contributed by atoms with van der Waals surface area (Å²) in [5, 5.41) is 0.724. The van der Waals surface area contributed by atoms with Crippen molar-refractivity contribution in [1.82, 2.24) is 9.80 Å². The molecule has 25 heavy (non-hydrogen) atoms. The predicted molar refractivity (Wildman–Crippen MR) is 104 cm³/mol. The van der Waals surface area contributed by atoms with Crippen LogP contribution in [0, 0.1) is 0 Å². The van der Waals surface area contributed by atoms with E-state index in [4.69, 9.17) is 11.6 Å². The molecule has 0 atom stereocenters. The molecule has 0 bridgehead atoms. The van der Waals surface area contributed by atoms with E-state index in [1.54, 1.807) is 6.92 Å². The predicted octanol–water partition coefficient (Wildman–Crippen LogP) is 4.14. The number of Topliss-reactive ketones (excluding diaryl/α,β-unsaturated/α-hetero) is 1. The van der Waals surface area contributed by atoms with Gasteiger partial charge in [-0.05, 0) is 96.0 Å². The number of carbonyl (C=O) groups is 1. The molecule has 2 saturated heterocycles. The SMILES string of the molecule is CC(=O)C1(c2cccc(Cl)c2)CCN(CCCN2CCCCC2)CC1. The highest BCUT2D eigenvalue weighted by Gasteiger charge is 2.40. The van der Waals surface area contributed by atoms with Crippen LogP contribution in [0.4, 0.5) is 0 Å². The van der Waals surface area contributed by atoms with Crippen molar-refractivity contribution < 1.29 is 4.79 Å². The normalized spacial score (nSPS) is 22.0. The summed E-state index contributed by atoms with van der Waals surface area (Å²) >= 11 is 6.18. The van der Waals surface area contributed by atoms with Gasteiger partial charge < -0.3 is 9.80 Å². The molecule has 2 aliphatic heterocycles. The molecule has 0 amide bonds. The lowest BCUT2D eigenvalue weighted by atomic mass is 9.70. The maximum atomic E-state index is 12.5. The Morgan fingerprint density at radius 2 is 1.68 bits per heavy atom. The number of benzene rings is 1. The first kappa shape index (κ1) is 18.9. The summed E-state index contributed by atoms with van der Waals surface area (Å²) in [5.41, 5.74) is 0.759. The minimum absolute atomic E-state index is 0.280. The van der Waals surface area contributed by atoms with Crippen molar-refractivity contribution >= 4 is 17.4 Å². The molecular formula is C21H31ClN2O. The molecule has 0 saturated carbocycles. The monoisotopic (exact) mass is 362 g/mol. The number of halogens is 1. The molecule has 0 spiro atoms. The second-order valence-corrected chi connectivity index (χ2v) is 8.18. The molecule has 0 radical (unpaired) electrons.